The Morgan fingerprint density at radius 3 is 1.96 bits per heavy atom. The van der Waals surface area contributed by atoms with Crippen molar-refractivity contribution in [1.29, 1.82) is 0 Å². The van der Waals surface area contributed by atoms with E-state index in [4.69, 9.17) is 28.9 Å². The van der Waals surface area contributed by atoms with Crippen LogP contribution in [0.1, 0.15) is 5.69 Å². The summed E-state index contributed by atoms with van der Waals surface area (Å²) in [6.45, 7) is 1.83. The Morgan fingerprint density at radius 2 is 1.39 bits per heavy atom. The number of hydrogen-bond acceptors (Lipinski definition) is 6. The lowest BCUT2D eigenvalue weighted by Crippen LogP contribution is -1.88. The number of benzene rings is 2. The van der Waals surface area contributed by atoms with E-state index in [9.17, 15) is 0 Å². The van der Waals surface area contributed by atoms with Crippen LogP contribution in [0.15, 0.2) is 69.0 Å². The van der Waals surface area contributed by atoms with Crippen LogP contribution in [0.2, 0.25) is 10.0 Å². The van der Waals surface area contributed by atoms with Gasteiger partial charge in [-0.1, -0.05) is 23.2 Å². The predicted octanol–water partition coefficient (Wildman–Crippen LogP) is 6.69. The van der Waals surface area contributed by atoms with Crippen LogP contribution in [0.3, 0.4) is 0 Å². The Bertz CT molecular complexity index is 1090. The SMILES string of the molecule is Cc1nc2c(N=Nc3ccc(Cl)cc3)c(N)[nH]n2c1N=Nc1ccc(Cl)cc1. The normalized spacial score (nSPS) is 12.0. The molecule has 2 aromatic carbocycles. The Labute approximate surface area is 169 Å². The zero-order valence-corrected chi connectivity index (χ0v) is 16.1. The number of imidazole rings is 1. The highest BCUT2D eigenvalue weighted by atomic mass is 35.5. The van der Waals surface area contributed by atoms with Crippen molar-refractivity contribution in [2.45, 2.75) is 6.92 Å². The maximum Gasteiger partial charge on any atom is 0.197 e. The molecular weight excluding hydrogens is 399 g/mol. The van der Waals surface area contributed by atoms with Gasteiger partial charge in [-0.05, 0) is 55.5 Å². The standard InChI is InChI=1S/C18H14Cl2N8/c1-10-17(26-24-14-8-4-12(20)5-9-14)28-18(22-10)15(16(21)27-28)25-23-13-6-2-11(19)3-7-13/h2-9,27H,21H2,1H3. The molecule has 3 N–H and O–H groups in total. The minimum Gasteiger partial charge on any atom is -0.382 e. The number of azo groups is 2. The first kappa shape index (κ1) is 18.1. The second-order valence-electron chi connectivity index (χ2n) is 5.91. The molecule has 0 aliphatic rings. The van der Waals surface area contributed by atoms with E-state index in [0.29, 0.717) is 50.1 Å². The average Bonchev–Trinajstić information content (AvgIpc) is 3.14. The second-order valence-corrected chi connectivity index (χ2v) is 6.78. The summed E-state index contributed by atoms with van der Waals surface area (Å²) in [5.41, 5.74) is 8.97. The van der Waals surface area contributed by atoms with Crippen molar-refractivity contribution in [3.05, 3.63) is 64.3 Å². The van der Waals surface area contributed by atoms with Gasteiger partial charge in [-0.2, -0.15) is 5.11 Å². The van der Waals surface area contributed by atoms with Gasteiger partial charge in [-0.25, -0.2) is 9.50 Å². The van der Waals surface area contributed by atoms with Gasteiger partial charge in [-0.15, -0.1) is 15.3 Å². The summed E-state index contributed by atoms with van der Waals surface area (Å²) in [4.78, 5) is 4.49. The molecule has 2 heterocycles. The smallest absolute Gasteiger partial charge is 0.197 e. The maximum absolute atomic E-state index is 6.05. The molecule has 140 valence electrons. The van der Waals surface area contributed by atoms with Gasteiger partial charge in [0, 0.05) is 10.0 Å². The molecule has 0 radical (unpaired) electrons. The first-order chi connectivity index (χ1) is 13.5. The number of halogens is 2. The van der Waals surface area contributed by atoms with E-state index in [0.717, 1.165) is 0 Å². The lowest BCUT2D eigenvalue weighted by Gasteiger charge is -1.94. The van der Waals surface area contributed by atoms with E-state index in [-0.39, 0.29) is 0 Å². The molecule has 4 aromatic rings. The van der Waals surface area contributed by atoms with Crippen LogP contribution >= 0.6 is 23.2 Å². The van der Waals surface area contributed by atoms with Crippen LogP contribution in [0, 0.1) is 6.92 Å². The van der Waals surface area contributed by atoms with Gasteiger partial charge in [0.05, 0.1) is 17.1 Å². The summed E-state index contributed by atoms with van der Waals surface area (Å²) >= 11 is 11.8. The highest BCUT2D eigenvalue weighted by Gasteiger charge is 2.17. The topological polar surface area (TPSA) is 109 Å². The first-order valence-electron chi connectivity index (χ1n) is 8.22. The van der Waals surface area contributed by atoms with Crippen LogP contribution < -0.4 is 5.73 Å². The molecule has 2 aromatic heterocycles. The van der Waals surface area contributed by atoms with Crippen molar-refractivity contribution in [1.82, 2.24) is 14.6 Å². The van der Waals surface area contributed by atoms with Gasteiger partial charge in [0.25, 0.3) is 0 Å². The molecule has 0 bridgehead atoms. The average molecular weight is 413 g/mol. The summed E-state index contributed by atoms with van der Waals surface area (Å²) in [5.74, 6) is 0.841. The van der Waals surface area contributed by atoms with E-state index in [2.05, 4.69) is 30.5 Å². The number of hydrogen-bond donors (Lipinski definition) is 2. The van der Waals surface area contributed by atoms with Crippen molar-refractivity contribution in [3.63, 3.8) is 0 Å². The van der Waals surface area contributed by atoms with Crippen LogP contribution in [0.25, 0.3) is 5.65 Å². The van der Waals surface area contributed by atoms with E-state index >= 15 is 0 Å². The Balaban J connectivity index is 1.69. The number of aromatic nitrogens is 3. The Hall–Kier alpha value is -3.23. The summed E-state index contributed by atoms with van der Waals surface area (Å²) in [5, 5.41) is 21.2. The van der Waals surface area contributed by atoms with Crippen molar-refractivity contribution in [2.75, 3.05) is 5.73 Å². The van der Waals surface area contributed by atoms with Gasteiger partial charge in [0.15, 0.2) is 17.2 Å². The summed E-state index contributed by atoms with van der Waals surface area (Å²) in [6, 6.07) is 14.0. The van der Waals surface area contributed by atoms with Gasteiger partial charge in [-0.3, -0.25) is 5.10 Å². The van der Waals surface area contributed by atoms with Crippen LogP contribution in [-0.2, 0) is 0 Å². The van der Waals surface area contributed by atoms with Crippen LogP contribution in [-0.4, -0.2) is 14.6 Å². The van der Waals surface area contributed by atoms with E-state index < -0.39 is 0 Å². The zero-order chi connectivity index (χ0) is 19.7. The predicted molar refractivity (Wildman–Crippen MR) is 110 cm³/mol. The van der Waals surface area contributed by atoms with Gasteiger partial charge >= 0.3 is 0 Å². The van der Waals surface area contributed by atoms with E-state index in [1.807, 2.05) is 6.92 Å². The van der Waals surface area contributed by atoms with Crippen molar-refractivity contribution in [3.8, 4) is 0 Å². The third-order valence-corrected chi connectivity index (χ3v) is 4.40. The lowest BCUT2D eigenvalue weighted by molar-refractivity contribution is 0.954. The minimum absolute atomic E-state index is 0.322. The molecule has 4 rings (SSSR count). The summed E-state index contributed by atoms with van der Waals surface area (Å²) in [6.07, 6.45) is 0. The first-order valence-corrected chi connectivity index (χ1v) is 8.98. The Kier molecular flexibility index (Phi) is 4.81. The third-order valence-electron chi connectivity index (χ3n) is 3.90. The van der Waals surface area contributed by atoms with Crippen LogP contribution in [0.5, 0.6) is 0 Å². The van der Waals surface area contributed by atoms with E-state index in [1.54, 1.807) is 53.0 Å². The molecule has 0 aliphatic heterocycles. The number of anilines is 1. The van der Waals surface area contributed by atoms with Crippen molar-refractivity contribution < 1.29 is 0 Å². The molecule has 0 unspecified atom stereocenters. The monoisotopic (exact) mass is 412 g/mol. The van der Waals surface area contributed by atoms with Gasteiger partial charge < -0.3 is 5.73 Å². The summed E-state index contributed by atoms with van der Waals surface area (Å²) < 4.78 is 1.63. The Morgan fingerprint density at radius 1 is 0.857 bits per heavy atom. The number of rotatable bonds is 4. The molecule has 8 nitrogen and oxygen atoms in total. The van der Waals surface area contributed by atoms with Crippen LogP contribution in [0.4, 0.5) is 28.7 Å². The highest BCUT2D eigenvalue weighted by Crippen LogP contribution is 2.34. The molecule has 10 heteroatoms. The highest BCUT2D eigenvalue weighted by molar-refractivity contribution is 6.30. The number of aromatic amines is 1. The fourth-order valence-corrected chi connectivity index (χ4v) is 2.78. The van der Waals surface area contributed by atoms with Crippen molar-refractivity contribution in [2.24, 2.45) is 20.5 Å². The molecule has 0 saturated heterocycles. The number of nitrogens with one attached hydrogen (secondary N) is 1. The fourth-order valence-electron chi connectivity index (χ4n) is 2.52. The van der Waals surface area contributed by atoms with Crippen molar-refractivity contribution >= 4 is 57.5 Å². The number of fused-ring (bicyclic) bond motifs is 1. The molecule has 0 atom stereocenters. The van der Waals surface area contributed by atoms with E-state index in [1.165, 1.54) is 0 Å². The largest absolute Gasteiger partial charge is 0.382 e. The zero-order valence-electron chi connectivity index (χ0n) is 14.6. The quantitative estimate of drug-likeness (QED) is 0.364. The minimum atomic E-state index is 0.322. The number of aryl methyl sites for hydroxylation is 1. The molecule has 0 spiro atoms. The van der Waals surface area contributed by atoms with Gasteiger partial charge in [0.2, 0.25) is 0 Å². The molecule has 28 heavy (non-hydrogen) atoms. The molecule has 0 amide bonds. The number of nitrogens with zero attached hydrogens (tertiary/aromatic N) is 6. The molecule has 0 fully saturated rings. The molecule has 0 aliphatic carbocycles. The number of nitrogens with two attached hydrogens (primary N) is 1. The number of H-pyrrole nitrogens is 1. The summed E-state index contributed by atoms with van der Waals surface area (Å²) in [7, 11) is 0. The molecular formula is C18H14Cl2N8. The fraction of sp³-hybridized carbons (Fsp3) is 0.0556. The molecule has 0 saturated carbocycles. The third kappa shape index (κ3) is 3.60. The maximum atomic E-state index is 6.05. The second kappa shape index (κ2) is 7.41. The number of nitrogen functional groups attached to an aromatic ring is 1. The lowest BCUT2D eigenvalue weighted by atomic mass is 10.3. The van der Waals surface area contributed by atoms with Gasteiger partial charge in [0.1, 0.15) is 5.82 Å².